The van der Waals surface area contributed by atoms with Crippen molar-refractivity contribution in [3.63, 3.8) is 0 Å². The van der Waals surface area contributed by atoms with E-state index >= 15 is 0 Å². The van der Waals surface area contributed by atoms with Crippen molar-refractivity contribution in [1.29, 1.82) is 0 Å². The average molecular weight is 199 g/mol. The van der Waals surface area contributed by atoms with Gasteiger partial charge in [-0.1, -0.05) is 19.8 Å². The van der Waals surface area contributed by atoms with E-state index in [-0.39, 0.29) is 0 Å². The quantitative estimate of drug-likeness (QED) is 0.584. The predicted molar refractivity (Wildman–Crippen MR) is 60.6 cm³/mol. The van der Waals surface area contributed by atoms with E-state index in [1.165, 1.54) is 38.6 Å². The number of rotatable bonds is 7. The summed E-state index contributed by atoms with van der Waals surface area (Å²) in [5.41, 5.74) is 0. The lowest BCUT2D eigenvalue weighted by Gasteiger charge is -2.24. The molecule has 1 aliphatic heterocycles. The number of hydrogen-bond acceptors (Lipinski definition) is 2. The highest BCUT2D eigenvalue weighted by atomic mass is 16.5. The molecular formula is C12H25NO. The van der Waals surface area contributed by atoms with Gasteiger partial charge in [0.1, 0.15) is 0 Å². The highest BCUT2D eigenvalue weighted by Crippen LogP contribution is 2.21. The van der Waals surface area contributed by atoms with Gasteiger partial charge in [0.2, 0.25) is 0 Å². The van der Waals surface area contributed by atoms with Crippen molar-refractivity contribution < 1.29 is 4.74 Å². The Bertz CT molecular complexity index is 138. The van der Waals surface area contributed by atoms with Crippen LogP contribution in [0.25, 0.3) is 0 Å². The monoisotopic (exact) mass is 199 g/mol. The maximum atomic E-state index is 5.41. The van der Waals surface area contributed by atoms with Crippen LogP contribution in [0.2, 0.25) is 0 Å². The van der Waals surface area contributed by atoms with Crippen molar-refractivity contribution in [3.8, 4) is 0 Å². The Labute approximate surface area is 88.6 Å². The first kappa shape index (κ1) is 12.0. The van der Waals surface area contributed by atoms with E-state index in [0.29, 0.717) is 0 Å². The molecule has 2 nitrogen and oxygen atoms in total. The van der Waals surface area contributed by atoms with Crippen LogP contribution < -0.4 is 0 Å². The third-order valence-electron chi connectivity index (χ3n) is 3.12. The van der Waals surface area contributed by atoms with Gasteiger partial charge in [0.25, 0.3) is 0 Å². The molecule has 1 heterocycles. The third-order valence-corrected chi connectivity index (χ3v) is 3.12. The van der Waals surface area contributed by atoms with E-state index in [2.05, 4.69) is 18.7 Å². The van der Waals surface area contributed by atoms with E-state index < -0.39 is 0 Å². The van der Waals surface area contributed by atoms with E-state index in [0.717, 1.165) is 25.8 Å². The van der Waals surface area contributed by atoms with Gasteiger partial charge >= 0.3 is 0 Å². The summed E-state index contributed by atoms with van der Waals surface area (Å²) in [5.74, 6) is 0. The second-order valence-corrected chi connectivity index (χ2v) is 4.17. The maximum Gasteiger partial charge on any atom is 0.0593 e. The largest absolute Gasteiger partial charge is 0.380 e. The molecule has 1 saturated heterocycles. The van der Waals surface area contributed by atoms with Crippen molar-refractivity contribution in [3.05, 3.63) is 0 Å². The Kier molecular flexibility index (Phi) is 6.20. The van der Waals surface area contributed by atoms with E-state index in [4.69, 9.17) is 4.74 Å². The molecule has 0 aromatic rings. The van der Waals surface area contributed by atoms with Crippen LogP contribution in [0.5, 0.6) is 0 Å². The van der Waals surface area contributed by atoms with E-state index in [1.54, 1.807) is 0 Å². The normalized spacial score (nSPS) is 23.1. The zero-order valence-corrected chi connectivity index (χ0v) is 9.80. The van der Waals surface area contributed by atoms with Gasteiger partial charge in [0.15, 0.2) is 0 Å². The summed E-state index contributed by atoms with van der Waals surface area (Å²) in [7, 11) is 0. The Balaban J connectivity index is 2.14. The minimum atomic E-state index is 0.855. The second kappa shape index (κ2) is 7.24. The minimum absolute atomic E-state index is 0.855. The first-order chi connectivity index (χ1) is 6.88. The van der Waals surface area contributed by atoms with Gasteiger partial charge in [0, 0.05) is 19.2 Å². The first-order valence-corrected chi connectivity index (χ1v) is 6.20. The number of likely N-dealkylation sites (tertiary alicyclic amines) is 1. The maximum absolute atomic E-state index is 5.41. The molecule has 0 radical (unpaired) electrons. The molecule has 1 aliphatic rings. The summed E-state index contributed by atoms with van der Waals surface area (Å²) in [6.07, 6.45) is 6.90. The fourth-order valence-corrected chi connectivity index (χ4v) is 2.28. The van der Waals surface area contributed by atoms with Gasteiger partial charge in [-0.3, -0.25) is 4.90 Å². The zero-order chi connectivity index (χ0) is 10.2. The molecule has 0 aliphatic carbocycles. The molecule has 0 saturated carbocycles. The third kappa shape index (κ3) is 3.97. The topological polar surface area (TPSA) is 12.5 Å². The zero-order valence-electron chi connectivity index (χ0n) is 9.80. The molecule has 0 aromatic carbocycles. The van der Waals surface area contributed by atoms with Crippen molar-refractivity contribution in [2.24, 2.45) is 0 Å². The Morgan fingerprint density at radius 3 is 2.93 bits per heavy atom. The number of hydrogen-bond donors (Lipinski definition) is 0. The summed E-state index contributed by atoms with van der Waals surface area (Å²) in [6, 6.07) is 0.857. The Morgan fingerprint density at radius 2 is 2.21 bits per heavy atom. The molecule has 84 valence electrons. The molecule has 2 heteroatoms. The summed E-state index contributed by atoms with van der Waals surface area (Å²) >= 11 is 0. The smallest absolute Gasteiger partial charge is 0.0593 e. The van der Waals surface area contributed by atoms with Crippen LogP contribution in [0.3, 0.4) is 0 Å². The minimum Gasteiger partial charge on any atom is -0.380 e. The van der Waals surface area contributed by atoms with Crippen LogP contribution in [0.15, 0.2) is 0 Å². The van der Waals surface area contributed by atoms with Gasteiger partial charge in [-0.05, 0) is 32.7 Å². The standard InChI is InChI=1S/C12H25NO/c1-3-5-7-12-8-6-9-13(12)10-11-14-4-2/h12H,3-11H2,1-2H3. The summed E-state index contributed by atoms with van der Waals surface area (Å²) in [5, 5.41) is 0. The van der Waals surface area contributed by atoms with Crippen LogP contribution in [-0.4, -0.2) is 37.2 Å². The lowest BCUT2D eigenvalue weighted by molar-refractivity contribution is 0.106. The average Bonchev–Trinajstić information content (AvgIpc) is 2.63. The van der Waals surface area contributed by atoms with Crippen LogP contribution in [-0.2, 0) is 4.74 Å². The first-order valence-electron chi connectivity index (χ1n) is 6.20. The molecule has 1 fully saturated rings. The summed E-state index contributed by atoms with van der Waals surface area (Å²) in [6.45, 7) is 8.55. The molecule has 1 rings (SSSR count). The Hall–Kier alpha value is -0.0800. The highest BCUT2D eigenvalue weighted by molar-refractivity contribution is 4.78. The van der Waals surface area contributed by atoms with Crippen molar-refractivity contribution in [2.75, 3.05) is 26.3 Å². The molecule has 0 N–H and O–H groups in total. The van der Waals surface area contributed by atoms with Gasteiger partial charge < -0.3 is 4.74 Å². The number of ether oxygens (including phenoxy) is 1. The summed E-state index contributed by atoms with van der Waals surface area (Å²) in [4.78, 5) is 2.62. The highest BCUT2D eigenvalue weighted by Gasteiger charge is 2.22. The molecule has 0 spiro atoms. The van der Waals surface area contributed by atoms with Gasteiger partial charge in [-0.2, -0.15) is 0 Å². The molecular weight excluding hydrogens is 174 g/mol. The fourth-order valence-electron chi connectivity index (χ4n) is 2.28. The van der Waals surface area contributed by atoms with Crippen LogP contribution in [0.4, 0.5) is 0 Å². The van der Waals surface area contributed by atoms with Gasteiger partial charge in [-0.15, -0.1) is 0 Å². The Morgan fingerprint density at radius 1 is 1.36 bits per heavy atom. The predicted octanol–water partition coefficient (Wildman–Crippen LogP) is 2.68. The molecule has 1 unspecified atom stereocenters. The lowest BCUT2D eigenvalue weighted by atomic mass is 10.1. The van der Waals surface area contributed by atoms with Gasteiger partial charge in [0.05, 0.1) is 6.61 Å². The molecule has 1 atom stereocenters. The molecule has 14 heavy (non-hydrogen) atoms. The van der Waals surface area contributed by atoms with E-state index in [9.17, 15) is 0 Å². The summed E-state index contributed by atoms with van der Waals surface area (Å²) < 4.78 is 5.41. The lowest BCUT2D eigenvalue weighted by Crippen LogP contribution is -2.32. The van der Waals surface area contributed by atoms with E-state index in [1.807, 2.05) is 0 Å². The molecule has 0 amide bonds. The van der Waals surface area contributed by atoms with Crippen molar-refractivity contribution >= 4 is 0 Å². The van der Waals surface area contributed by atoms with Gasteiger partial charge in [-0.25, -0.2) is 0 Å². The molecule has 0 bridgehead atoms. The van der Waals surface area contributed by atoms with Crippen molar-refractivity contribution in [2.45, 2.75) is 52.0 Å². The van der Waals surface area contributed by atoms with Crippen molar-refractivity contribution in [1.82, 2.24) is 4.90 Å². The van der Waals surface area contributed by atoms with Crippen LogP contribution in [0, 0.1) is 0 Å². The fraction of sp³-hybridized carbons (Fsp3) is 1.00. The number of unbranched alkanes of at least 4 members (excludes halogenated alkanes) is 1. The van der Waals surface area contributed by atoms with Crippen LogP contribution in [0.1, 0.15) is 46.0 Å². The number of nitrogens with zero attached hydrogens (tertiary/aromatic N) is 1. The second-order valence-electron chi connectivity index (χ2n) is 4.17. The van der Waals surface area contributed by atoms with Crippen LogP contribution >= 0.6 is 0 Å². The SMILES string of the molecule is CCCCC1CCCN1CCOCC. The molecule has 0 aromatic heterocycles.